The molecule has 0 spiro atoms. The average molecular weight is 266 g/mol. The van der Waals surface area contributed by atoms with Gasteiger partial charge in [-0.3, -0.25) is 9.98 Å². The molecule has 0 saturated heterocycles. The zero-order valence-electron chi connectivity index (χ0n) is 11.5. The fourth-order valence-corrected chi connectivity index (χ4v) is 2.37. The molecule has 1 aliphatic heterocycles. The van der Waals surface area contributed by atoms with E-state index in [-0.39, 0.29) is 6.04 Å². The molecule has 1 atom stereocenters. The van der Waals surface area contributed by atoms with Crippen LogP contribution in [0, 0.1) is 0 Å². The fraction of sp³-hybridized carbons (Fsp3) is 0.250. The lowest BCUT2D eigenvalue weighted by Crippen LogP contribution is -2.36. The summed E-state index contributed by atoms with van der Waals surface area (Å²) in [4.78, 5) is 10.9. The van der Waals surface area contributed by atoms with Crippen molar-refractivity contribution < 1.29 is 0 Å². The minimum Gasteiger partial charge on any atom is -0.348 e. The summed E-state index contributed by atoms with van der Waals surface area (Å²) >= 11 is 0. The molecule has 0 aliphatic carbocycles. The lowest BCUT2D eigenvalue weighted by atomic mass is 10.1. The van der Waals surface area contributed by atoms with E-state index in [0.717, 1.165) is 19.0 Å². The topological polar surface area (TPSA) is 40.5 Å². The van der Waals surface area contributed by atoms with Crippen molar-refractivity contribution in [3.8, 4) is 0 Å². The number of guanidine groups is 1. The average Bonchev–Trinajstić information content (AvgIpc) is 2.99. The van der Waals surface area contributed by atoms with Gasteiger partial charge in [0, 0.05) is 26.0 Å². The summed E-state index contributed by atoms with van der Waals surface area (Å²) in [6.45, 7) is 1.60. The van der Waals surface area contributed by atoms with Crippen molar-refractivity contribution in [2.75, 3.05) is 13.6 Å². The van der Waals surface area contributed by atoms with Crippen LogP contribution in [-0.2, 0) is 6.54 Å². The number of aromatic nitrogens is 1. The fourth-order valence-electron chi connectivity index (χ4n) is 2.37. The van der Waals surface area contributed by atoms with E-state index in [1.165, 1.54) is 11.1 Å². The SMILES string of the molecule is CN(Cc1cccnc1)C1=NCC(c2ccccc2)N1. The molecule has 1 aliphatic rings. The van der Waals surface area contributed by atoms with Crippen LogP contribution in [0.15, 0.2) is 59.9 Å². The maximum Gasteiger partial charge on any atom is 0.194 e. The minimum atomic E-state index is 0.280. The second-order valence-electron chi connectivity index (χ2n) is 4.99. The Labute approximate surface area is 119 Å². The van der Waals surface area contributed by atoms with E-state index in [2.05, 4.69) is 50.5 Å². The van der Waals surface area contributed by atoms with Gasteiger partial charge in [-0.2, -0.15) is 0 Å². The van der Waals surface area contributed by atoms with Crippen molar-refractivity contribution in [3.63, 3.8) is 0 Å². The summed E-state index contributed by atoms with van der Waals surface area (Å²) in [7, 11) is 2.05. The van der Waals surface area contributed by atoms with Crippen LogP contribution in [0.3, 0.4) is 0 Å². The van der Waals surface area contributed by atoms with Gasteiger partial charge in [0.05, 0.1) is 12.6 Å². The molecule has 2 aromatic rings. The van der Waals surface area contributed by atoms with E-state index in [1.54, 1.807) is 6.20 Å². The predicted molar refractivity (Wildman–Crippen MR) is 80.3 cm³/mol. The van der Waals surface area contributed by atoms with Crippen LogP contribution in [-0.4, -0.2) is 29.4 Å². The Morgan fingerprint density at radius 2 is 2.05 bits per heavy atom. The Balaban J connectivity index is 1.62. The molecule has 20 heavy (non-hydrogen) atoms. The standard InChI is InChI=1S/C16H18N4/c1-20(12-13-6-5-9-17-10-13)16-18-11-15(19-16)14-7-3-2-4-8-14/h2-10,15H,11-12H2,1H3,(H,18,19). The molecule has 4 heteroatoms. The van der Waals surface area contributed by atoms with E-state index < -0.39 is 0 Å². The monoisotopic (exact) mass is 266 g/mol. The number of rotatable bonds is 3. The molecule has 1 N–H and O–H groups in total. The molecular weight excluding hydrogens is 248 g/mol. The van der Waals surface area contributed by atoms with Crippen LogP contribution in [0.4, 0.5) is 0 Å². The number of nitrogens with one attached hydrogen (secondary N) is 1. The highest BCUT2D eigenvalue weighted by Crippen LogP contribution is 2.17. The summed E-state index contributed by atoms with van der Waals surface area (Å²) in [5, 5.41) is 3.48. The zero-order valence-corrected chi connectivity index (χ0v) is 11.5. The van der Waals surface area contributed by atoms with Crippen molar-refractivity contribution in [3.05, 3.63) is 66.0 Å². The van der Waals surface area contributed by atoms with Crippen molar-refractivity contribution in [2.24, 2.45) is 4.99 Å². The van der Waals surface area contributed by atoms with Crippen LogP contribution < -0.4 is 5.32 Å². The molecule has 2 heterocycles. The van der Waals surface area contributed by atoms with Gasteiger partial charge >= 0.3 is 0 Å². The Morgan fingerprint density at radius 1 is 1.20 bits per heavy atom. The summed E-state index contributed by atoms with van der Waals surface area (Å²) in [6.07, 6.45) is 3.68. The van der Waals surface area contributed by atoms with E-state index in [9.17, 15) is 0 Å². The number of nitrogens with zero attached hydrogens (tertiary/aromatic N) is 3. The third kappa shape index (κ3) is 2.79. The van der Waals surface area contributed by atoms with Gasteiger partial charge in [0.2, 0.25) is 0 Å². The molecule has 102 valence electrons. The van der Waals surface area contributed by atoms with Crippen LogP contribution in [0.5, 0.6) is 0 Å². The Morgan fingerprint density at radius 3 is 2.80 bits per heavy atom. The molecule has 1 aromatic heterocycles. The first-order valence-electron chi connectivity index (χ1n) is 6.79. The molecule has 4 nitrogen and oxygen atoms in total. The summed E-state index contributed by atoms with van der Waals surface area (Å²) in [5.74, 6) is 0.947. The van der Waals surface area contributed by atoms with Crippen LogP contribution in [0.1, 0.15) is 17.2 Å². The number of aliphatic imine (C=N–C) groups is 1. The number of pyridine rings is 1. The second-order valence-corrected chi connectivity index (χ2v) is 4.99. The van der Waals surface area contributed by atoms with Crippen molar-refractivity contribution in [1.82, 2.24) is 15.2 Å². The maximum absolute atomic E-state index is 4.60. The van der Waals surface area contributed by atoms with Gasteiger partial charge in [-0.05, 0) is 17.2 Å². The first-order valence-corrected chi connectivity index (χ1v) is 6.79. The molecule has 0 saturated carbocycles. The van der Waals surface area contributed by atoms with E-state index in [0.29, 0.717) is 0 Å². The first-order chi connectivity index (χ1) is 9.83. The smallest absolute Gasteiger partial charge is 0.194 e. The summed E-state index contributed by atoms with van der Waals surface area (Å²) in [6, 6.07) is 14.8. The normalized spacial score (nSPS) is 17.4. The molecule has 0 fully saturated rings. The Kier molecular flexibility index (Phi) is 3.63. The number of hydrogen-bond donors (Lipinski definition) is 1. The van der Waals surface area contributed by atoms with Crippen LogP contribution >= 0.6 is 0 Å². The molecular formula is C16H18N4. The van der Waals surface area contributed by atoms with Gasteiger partial charge in [0.15, 0.2) is 5.96 Å². The van der Waals surface area contributed by atoms with Gasteiger partial charge in [0.25, 0.3) is 0 Å². The summed E-state index contributed by atoms with van der Waals surface area (Å²) < 4.78 is 0. The van der Waals surface area contributed by atoms with Crippen LogP contribution in [0.25, 0.3) is 0 Å². The highest BCUT2D eigenvalue weighted by atomic mass is 15.3. The highest BCUT2D eigenvalue weighted by Gasteiger charge is 2.21. The summed E-state index contributed by atoms with van der Waals surface area (Å²) in [5.41, 5.74) is 2.46. The van der Waals surface area contributed by atoms with Gasteiger partial charge in [0.1, 0.15) is 0 Å². The van der Waals surface area contributed by atoms with Crippen molar-refractivity contribution >= 4 is 5.96 Å². The number of benzene rings is 1. The molecule has 0 radical (unpaired) electrons. The third-order valence-electron chi connectivity index (χ3n) is 3.43. The molecule has 1 aromatic carbocycles. The first kappa shape index (κ1) is 12.7. The highest BCUT2D eigenvalue weighted by molar-refractivity contribution is 5.81. The molecule has 0 amide bonds. The van der Waals surface area contributed by atoms with E-state index >= 15 is 0 Å². The Bertz CT molecular complexity index is 580. The minimum absolute atomic E-state index is 0.280. The molecule has 3 rings (SSSR count). The Hall–Kier alpha value is -2.36. The quantitative estimate of drug-likeness (QED) is 0.926. The second kappa shape index (κ2) is 5.74. The predicted octanol–water partition coefficient (Wildman–Crippen LogP) is 2.21. The molecule has 1 unspecified atom stereocenters. The lowest BCUT2D eigenvalue weighted by Gasteiger charge is -2.21. The van der Waals surface area contributed by atoms with Crippen molar-refractivity contribution in [2.45, 2.75) is 12.6 Å². The van der Waals surface area contributed by atoms with Gasteiger partial charge in [-0.1, -0.05) is 36.4 Å². The third-order valence-corrected chi connectivity index (χ3v) is 3.43. The lowest BCUT2D eigenvalue weighted by molar-refractivity contribution is 0.479. The maximum atomic E-state index is 4.60. The zero-order chi connectivity index (χ0) is 13.8. The van der Waals surface area contributed by atoms with Gasteiger partial charge < -0.3 is 10.2 Å². The van der Waals surface area contributed by atoms with Crippen molar-refractivity contribution in [1.29, 1.82) is 0 Å². The van der Waals surface area contributed by atoms with Gasteiger partial charge in [-0.15, -0.1) is 0 Å². The number of hydrogen-bond acceptors (Lipinski definition) is 4. The molecule has 0 bridgehead atoms. The van der Waals surface area contributed by atoms with Crippen LogP contribution in [0.2, 0.25) is 0 Å². The largest absolute Gasteiger partial charge is 0.348 e. The van der Waals surface area contributed by atoms with Gasteiger partial charge in [-0.25, -0.2) is 0 Å². The van der Waals surface area contributed by atoms with E-state index in [4.69, 9.17) is 0 Å². The van der Waals surface area contributed by atoms with E-state index in [1.807, 2.05) is 25.4 Å².